The molecular formula is C12H24NO2+. The van der Waals surface area contributed by atoms with Crippen molar-refractivity contribution >= 4 is 0 Å². The number of hydrogen-bond acceptors (Lipinski definition) is 2. The Hall–Kier alpha value is -0.120. The van der Waals surface area contributed by atoms with Crippen molar-refractivity contribution in [1.82, 2.24) is 0 Å². The third kappa shape index (κ3) is 2.05. The molecule has 3 heteroatoms. The lowest BCUT2D eigenvalue weighted by Crippen LogP contribution is -2.64. The number of fused-ring (bicyclic) bond motifs is 1. The molecule has 1 unspecified atom stereocenters. The second-order valence-electron chi connectivity index (χ2n) is 5.26. The van der Waals surface area contributed by atoms with Crippen molar-refractivity contribution in [3.63, 3.8) is 0 Å². The van der Waals surface area contributed by atoms with Crippen molar-refractivity contribution in [2.24, 2.45) is 5.92 Å². The van der Waals surface area contributed by atoms with Crippen molar-refractivity contribution in [3.8, 4) is 0 Å². The van der Waals surface area contributed by atoms with E-state index in [9.17, 15) is 10.2 Å². The Morgan fingerprint density at radius 2 is 1.80 bits per heavy atom. The third-order valence-corrected chi connectivity index (χ3v) is 4.56. The van der Waals surface area contributed by atoms with Crippen LogP contribution in [-0.2, 0) is 0 Å². The summed E-state index contributed by atoms with van der Waals surface area (Å²) in [6, 6.07) is 0.629. The average Bonchev–Trinajstić information content (AvgIpc) is 2.28. The molecule has 3 atom stereocenters. The van der Waals surface area contributed by atoms with E-state index in [1.807, 2.05) is 0 Å². The van der Waals surface area contributed by atoms with Gasteiger partial charge in [0.1, 0.15) is 6.54 Å². The molecule has 0 saturated carbocycles. The van der Waals surface area contributed by atoms with Crippen LogP contribution < -0.4 is 0 Å². The number of nitrogens with zero attached hydrogens (tertiary/aromatic N) is 1. The fourth-order valence-electron chi connectivity index (χ4n) is 3.84. The molecule has 0 aromatic rings. The van der Waals surface area contributed by atoms with Gasteiger partial charge in [-0.3, -0.25) is 0 Å². The van der Waals surface area contributed by atoms with E-state index in [1.165, 1.54) is 45.2 Å². The Kier molecular flexibility index (Phi) is 3.65. The quantitative estimate of drug-likeness (QED) is 0.681. The molecule has 0 radical (unpaired) electrons. The van der Waals surface area contributed by atoms with E-state index in [-0.39, 0.29) is 0 Å². The van der Waals surface area contributed by atoms with E-state index < -0.39 is 0 Å². The first-order chi connectivity index (χ1) is 7.32. The molecule has 0 aromatic carbocycles. The Morgan fingerprint density at radius 3 is 2.53 bits per heavy atom. The second-order valence-corrected chi connectivity index (χ2v) is 5.26. The second kappa shape index (κ2) is 4.81. The number of aliphatic hydroxyl groups is 2. The van der Waals surface area contributed by atoms with E-state index in [1.54, 1.807) is 0 Å². The molecule has 2 fully saturated rings. The summed E-state index contributed by atoms with van der Waals surface area (Å²) in [7, 11) is 0. The topological polar surface area (TPSA) is 40.5 Å². The SMILES string of the molecule is OCC[N+]12CCCC[C@H]1[C@@H](CO)CCC2. The molecule has 2 aliphatic heterocycles. The minimum absolute atomic E-state index is 0.300. The lowest BCUT2D eigenvalue weighted by Gasteiger charge is -2.53. The summed E-state index contributed by atoms with van der Waals surface area (Å²) in [6.45, 7) is 4.00. The maximum atomic E-state index is 9.44. The van der Waals surface area contributed by atoms with Gasteiger partial charge in [0, 0.05) is 12.3 Å². The molecule has 0 bridgehead atoms. The summed E-state index contributed by atoms with van der Waals surface area (Å²) >= 11 is 0. The van der Waals surface area contributed by atoms with Crippen molar-refractivity contribution in [2.45, 2.75) is 38.1 Å². The highest BCUT2D eigenvalue weighted by Crippen LogP contribution is 2.36. The Balaban J connectivity index is 2.13. The predicted molar refractivity (Wildman–Crippen MR) is 59.4 cm³/mol. The molecule has 15 heavy (non-hydrogen) atoms. The van der Waals surface area contributed by atoms with E-state index >= 15 is 0 Å². The van der Waals surface area contributed by atoms with E-state index in [0.717, 1.165) is 11.0 Å². The first kappa shape index (κ1) is 11.4. The third-order valence-electron chi connectivity index (χ3n) is 4.56. The zero-order valence-electron chi connectivity index (χ0n) is 9.57. The fraction of sp³-hybridized carbons (Fsp3) is 1.00. The number of quaternary nitrogens is 1. The molecule has 2 heterocycles. The van der Waals surface area contributed by atoms with Gasteiger partial charge in [0.2, 0.25) is 0 Å². The van der Waals surface area contributed by atoms with Gasteiger partial charge >= 0.3 is 0 Å². The number of piperidine rings is 2. The van der Waals surface area contributed by atoms with Crippen LogP contribution in [-0.4, -0.2) is 53.6 Å². The van der Waals surface area contributed by atoms with Crippen molar-refractivity contribution in [3.05, 3.63) is 0 Å². The lowest BCUT2D eigenvalue weighted by molar-refractivity contribution is -0.964. The highest BCUT2D eigenvalue weighted by molar-refractivity contribution is 4.79. The summed E-state index contributed by atoms with van der Waals surface area (Å²) in [5, 5.41) is 18.7. The van der Waals surface area contributed by atoms with Crippen molar-refractivity contribution < 1.29 is 14.7 Å². The number of aliphatic hydroxyl groups excluding tert-OH is 2. The summed E-state index contributed by atoms with van der Waals surface area (Å²) in [5.41, 5.74) is 0. The first-order valence-electron chi connectivity index (χ1n) is 6.40. The number of hydrogen-bond donors (Lipinski definition) is 2. The van der Waals surface area contributed by atoms with Crippen LogP contribution in [0.25, 0.3) is 0 Å². The van der Waals surface area contributed by atoms with Crippen molar-refractivity contribution in [2.75, 3.05) is 32.8 Å². The van der Waals surface area contributed by atoms with Crippen LogP contribution in [0.5, 0.6) is 0 Å². The van der Waals surface area contributed by atoms with Gasteiger partial charge in [-0.15, -0.1) is 0 Å². The monoisotopic (exact) mass is 214 g/mol. The number of rotatable bonds is 3. The molecule has 0 spiro atoms. The Labute approximate surface area is 92.3 Å². The normalized spacial score (nSPS) is 41.2. The van der Waals surface area contributed by atoms with Gasteiger partial charge in [-0.2, -0.15) is 0 Å². The maximum Gasteiger partial charge on any atom is 0.102 e. The first-order valence-corrected chi connectivity index (χ1v) is 6.40. The van der Waals surface area contributed by atoms with Crippen LogP contribution in [0.3, 0.4) is 0 Å². The van der Waals surface area contributed by atoms with Crippen LogP contribution in [0, 0.1) is 5.92 Å². The molecule has 2 saturated heterocycles. The van der Waals surface area contributed by atoms with Gasteiger partial charge in [0.05, 0.1) is 32.3 Å². The van der Waals surface area contributed by atoms with E-state index in [4.69, 9.17) is 0 Å². The molecule has 0 aliphatic carbocycles. The lowest BCUT2D eigenvalue weighted by atomic mass is 9.81. The van der Waals surface area contributed by atoms with Crippen LogP contribution in [0.15, 0.2) is 0 Å². The fourth-order valence-corrected chi connectivity index (χ4v) is 3.84. The minimum atomic E-state index is 0.300. The standard InChI is InChI=1S/C12H24NO2/c14-9-8-13-6-2-1-5-12(13)11(10-15)4-3-7-13/h11-12,14-15H,1-10H2/q+1/t11-,12+,13?/m1/s1. The van der Waals surface area contributed by atoms with Crippen LogP contribution in [0.4, 0.5) is 0 Å². The molecule has 0 amide bonds. The van der Waals surface area contributed by atoms with Crippen LogP contribution in [0.2, 0.25) is 0 Å². The van der Waals surface area contributed by atoms with Gasteiger partial charge in [0.25, 0.3) is 0 Å². The zero-order valence-corrected chi connectivity index (χ0v) is 9.57. The molecule has 2 rings (SSSR count). The van der Waals surface area contributed by atoms with Crippen molar-refractivity contribution in [1.29, 1.82) is 0 Å². The summed E-state index contributed by atoms with van der Waals surface area (Å²) in [6.07, 6.45) is 6.28. The van der Waals surface area contributed by atoms with Crippen LogP contribution >= 0.6 is 0 Å². The van der Waals surface area contributed by atoms with E-state index in [2.05, 4.69) is 0 Å². The van der Waals surface area contributed by atoms with Crippen LogP contribution in [0.1, 0.15) is 32.1 Å². The zero-order chi connectivity index (χ0) is 10.7. The predicted octanol–water partition coefficient (Wildman–Crippen LogP) is 0.750. The maximum absolute atomic E-state index is 9.44. The molecular weight excluding hydrogens is 190 g/mol. The van der Waals surface area contributed by atoms with Gasteiger partial charge in [0.15, 0.2) is 0 Å². The summed E-state index contributed by atoms with van der Waals surface area (Å²) < 4.78 is 1.10. The van der Waals surface area contributed by atoms with Gasteiger partial charge in [-0.05, 0) is 25.7 Å². The highest BCUT2D eigenvalue weighted by atomic mass is 16.3. The molecule has 2 N–H and O–H groups in total. The largest absolute Gasteiger partial charge is 0.396 e. The smallest absolute Gasteiger partial charge is 0.102 e. The van der Waals surface area contributed by atoms with E-state index in [0.29, 0.717) is 25.2 Å². The highest BCUT2D eigenvalue weighted by Gasteiger charge is 2.45. The molecule has 3 nitrogen and oxygen atoms in total. The molecule has 2 aliphatic rings. The van der Waals surface area contributed by atoms with Gasteiger partial charge < -0.3 is 14.7 Å². The van der Waals surface area contributed by atoms with Gasteiger partial charge in [-0.1, -0.05) is 0 Å². The average molecular weight is 214 g/mol. The Morgan fingerprint density at radius 1 is 1.00 bits per heavy atom. The van der Waals surface area contributed by atoms with Gasteiger partial charge in [-0.25, -0.2) is 0 Å². The molecule has 88 valence electrons. The summed E-state index contributed by atoms with van der Waals surface area (Å²) in [5.74, 6) is 0.491. The molecule has 0 aromatic heterocycles. The summed E-state index contributed by atoms with van der Waals surface area (Å²) in [4.78, 5) is 0. The minimum Gasteiger partial charge on any atom is -0.396 e. The Bertz CT molecular complexity index is 200.